The molecule has 6 heteroatoms. The molecule has 27 heavy (non-hydrogen) atoms. The van der Waals surface area contributed by atoms with Crippen LogP contribution in [0.5, 0.6) is 0 Å². The van der Waals surface area contributed by atoms with E-state index in [4.69, 9.17) is 0 Å². The number of unbranched alkanes of at least 4 members (excludes halogenated alkanes) is 1. The minimum atomic E-state index is -0.196. The van der Waals surface area contributed by atoms with Crippen molar-refractivity contribution in [2.24, 2.45) is 5.92 Å². The number of halogens is 1. The number of piperazine rings is 1. The molecule has 0 radical (unpaired) electrons. The smallest absolute Gasteiger partial charge is 0.317 e. The standard InChI is InChI=1S/C21H33FN4O/c1-18-8-12-24(13-9-18)11-5-4-10-23-21(27)26-16-14-25(15-17-26)20-7-3-2-6-19(20)22/h2-3,6-7,18H,4-5,8-17H2,1H3,(H,23,27). The van der Waals surface area contributed by atoms with Gasteiger partial charge in [0.2, 0.25) is 0 Å². The van der Waals surface area contributed by atoms with Crippen molar-refractivity contribution in [2.45, 2.75) is 32.6 Å². The molecule has 1 aromatic rings. The van der Waals surface area contributed by atoms with E-state index in [0.29, 0.717) is 31.9 Å². The van der Waals surface area contributed by atoms with Gasteiger partial charge in [-0.3, -0.25) is 0 Å². The molecular formula is C21H33FN4O. The summed E-state index contributed by atoms with van der Waals surface area (Å²) in [7, 11) is 0. The Labute approximate surface area is 162 Å². The molecule has 0 atom stereocenters. The number of nitrogens with one attached hydrogen (secondary N) is 1. The summed E-state index contributed by atoms with van der Waals surface area (Å²) < 4.78 is 13.9. The first-order chi connectivity index (χ1) is 13.1. The van der Waals surface area contributed by atoms with Gasteiger partial charge < -0.3 is 20.0 Å². The molecule has 2 saturated heterocycles. The molecule has 150 valence electrons. The Bertz CT molecular complexity index is 596. The normalized spacial score (nSPS) is 19.3. The highest BCUT2D eigenvalue weighted by Crippen LogP contribution is 2.20. The topological polar surface area (TPSA) is 38.8 Å². The number of hydrogen-bond acceptors (Lipinski definition) is 3. The Kier molecular flexibility index (Phi) is 7.33. The van der Waals surface area contributed by atoms with Crippen molar-refractivity contribution in [3.05, 3.63) is 30.1 Å². The fourth-order valence-corrected chi connectivity index (χ4v) is 3.91. The molecule has 0 aliphatic carbocycles. The summed E-state index contributed by atoms with van der Waals surface area (Å²) in [5, 5.41) is 3.04. The number of carbonyl (C=O) groups excluding carboxylic acids is 1. The molecule has 5 nitrogen and oxygen atoms in total. The quantitative estimate of drug-likeness (QED) is 0.775. The molecule has 1 aromatic carbocycles. The number of urea groups is 1. The summed E-state index contributed by atoms with van der Waals surface area (Å²) in [4.78, 5) is 18.7. The fraction of sp³-hybridized carbons (Fsp3) is 0.667. The zero-order valence-corrected chi connectivity index (χ0v) is 16.5. The Morgan fingerprint density at radius 2 is 1.78 bits per heavy atom. The molecule has 0 spiro atoms. The van der Waals surface area contributed by atoms with Crippen molar-refractivity contribution in [1.82, 2.24) is 15.1 Å². The molecule has 0 unspecified atom stereocenters. The minimum absolute atomic E-state index is 0.00924. The molecule has 0 aromatic heterocycles. The van der Waals surface area contributed by atoms with Crippen LogP contribution in [0.2, 0.25) is 0 Å². The second kappa shape index (κ2) is 9.93. The molecular weight excluding hydrogens is 343 g/mol. The second-order valence-corrected chi connectivity index (χ2v) is 7.89. The van der Waals surface area contributed by atoms with Crippen LogP contribution in [0, 0.1) is 11.7 Å². The number of nitrogens with zero attached hydrogens (tertiary/aromatic N) is 3. The van der Waals surface area contributed by atoms with Crippen LogP contribution >= 0.6 is 0 Å². The van der Waals surface area contributed by atoms with Gasteiger partial charge in [-0.15, -0.1) is 0 Å². The van der Waals surface area contributed by atoms with Crippen LogP contribution in [-0.4, -0.2) is 68.2 Å². The maximum atomic E-state index is 13.9. The van der Waals surface area contributed by atoms with Crippen LogP contribution in [0.15, 0.2) is 24.3 Å². The predicted octanol–water partition coefficient (Wildman–Crippen LogP) is 3.17. The maximum absolute atomic E-state index is 13.9. The van der Waals surface area contributed by atoms with Crippen LogP contribution in [0.25, 0.3) is 0 Å². The number of rotatable bonds is 6. The minimum Gasteiger partial charge on any atom is -0.366 e. The van der Waals surface area contributed by atoms with E-state index in [-0.39, 0.29) is 11.8 Å². The first-order valence-corrected chi connectivity index (χ1v) is 10.4. The van der Waals surface area contributed by atoms with E-state index in [1.807, 2.05) is 15.9 Å². The lowest BCUT2D eigenvalue weighted by Gasteiger charge is -2.36. The summed E-state index contributed by atoms with van der Waals surface area (Å²) in [5.41, 5.74) is 0.629. The maximum Gasteiger partial charge on any atom is 0.317 e. The van der Waals surface area contributed by atoms with E-state index in [2.05, 4.69) is 17.1 Å². The zero-order chi connectivity index (χ0) is 19.1. The number of carbonyl (C=O) groups is 1. The summed E-state index contributed by atoms with van der Waals surface area (Å²) in [6, 6.07) is 6.85. The van der Waals surface area contributed by atoms with Gasteiger partial charge in [-0.1, -0.05) is 19.1 Å². The highest BCUT2D eigenvalue weighted by Gasteiger charge is 2.22. The highest BCUT2D eigenvalue weighted by atomic mass is 19.1. The summed E-state index contributed by atoms with van der Waals surface area (Å²) >= 11 is 0. The SMILES string of the molecule is CC1CCN(CCCCNC(=O)N2CCN(c3ccccc3F)CC2)CC1. The van der Waals surface area contributed by atoms with Gasteiger partial charge >= 0.3 is 6.03 Å². The lowest BCUT2D eigenvalue weighted by atomic mass is 9.99. The Balaban J connectivity index is 1.29. The Morgan fingerprint density at radius 3 is 2.48 bits per heavy atom. The van der Waals surface area contributed by atoms with Crippen LogP contribution < -0.4 is 10.2 Å². The van der Waals surface area contributed by atoms with Gasteiger partial charge in [-0.05, 0) is 63.4 Å². The number of benzene rings is 1. The van der Waals surface area contributed by atoms with E-state index in [9.17, 15) is 9.18 Å². The summed E-state index contributed by atoms with van der Waals surface area (Å²) in [5.74, 6) is 0.679. The number of amides is 2. The molecule has 2 aliphatic heterocycles. The lowest BCUT2D eigenvalue weighted by Crippen LogP contribution is -2.52. The predicted molar refractivity (Wildman–Crippen MR) is 108 cm³/mol. The van der Waals surface area contributed by atoms with Gasteiger partial charge in [0.25, 0.3) is 0 Å². The van der Waals surface area contributed by atoms with Crippen molar-refractivity contribution in [3.8, 4) is 0 Å². The third kappa shape index (κ3) is 5.83. The average molecular weight is 377 g/mol. The number of piperidine rings is 1. The van der Waals surface area contributed by atoms with E-state index in [1.165, 1.54) is 32.0 Å². The summed E-state index contributed by atoms with van der Waals surface area (Å²) in [6.45, 7) is 9.25. The Hall–Kier alpha value is -1.82. The van der Waals surface area contributed by atoms with Gasteiger partial charge in [0.05, 0.1) is 5.69 Å². The molecule has 0 bridgehead atoms. The highest BCUT2D eigenvalue weighted by molar-refractivity contribution is 5.74. The molecule has 3 rings (SSSR count). The molecule has 2 aliphatic rings. The van der Waals surface area contributed by atoms with Crippen molar-refractivity contribution in [1.29, 1.82) is 0 Å². The summed E-state index contributed by atoms with van der Waals surface area (Å²) in [6.07, 6.45) is 4.79. The molecule has 2 fully saturated rings. The number of hydrogen-bond donors (Lipinski definition) is 1. The van der Waals surface area contributed by atoms with Crippen molar-refractivity contribution in [3.63, 3.8) is 0 Å². The third-order valence-electron chi connectivity index (χ3n) is 5.81. The number of likely N-dealkylation sites (tertiary alicyclic amines) is 1. The van der Waals surface area contributed by atoms with Gasteiger partial charge in [0, 0.05) is 32.7 Å². The second-order valence-electron chi connectivity index (χ2n) is 7.89. The van der Waals surface area contributed by atoms with Gasteiger partial charge in [0.1, 0.15) is 5.82 Å². The molecule has 1 N–H and O–H groups in total. The van der Waals surface area contributed by atoms with Crippen molar-refractivity contribution < 1.29 is 9.18 Å². The lowest BCUT2D eigenvalue weighted by molar-refractivity contribution is 0.186. The van der Waals surface area contributed by atoms with Gasteiger partial charge in [-0.2, -0.15) is 0 Å². The van der Waals surface area contributed by atoms with Crippen LogP contribution in [0.3, 0.4) is 0 Å². The number of anilines is 1. The van der Waals surface area contributed by atoms with Crippen LogP contribution in [0.1, 0.15) is 32.6 Å². The van der Waals surface area contributed by atoms with E-state index >= 15 is 0 Å². The first kappa shape index (κ1) is 19.9. The molecule has 0 saturated carbocycles. The Morgan fingerprint density at radius 1 is 1.07 bits per heavy atom. The van der Waals surface area contributed by atoms with Crippen LogP contribution in [-0.2, 0) is 0 Å². The van der Waals surface area contributed by atoms with Gasteiger partial charge in [0.15, 0.2) is 0 Å². The largest absolute Gasteiger partial charge is 0.366 e. The van der Waals surface area contributed by atoms with E-state index in [1.54, 1.807) is 12.1 Å². The zero-order valence-electron chi connectivity index (χ0n) is 16.5. The number of para-hydroxylation sites is 1. The van der Waals surface area contributed by atoms with E-state index in [0.717, 1.165) is 31.8 Å². The monoisotopic (exact) mass is 376 g/mol. The van der Waals surface area contributed by atoms with Crippen molar-refractivity contribution in [2.75, 3.05) is 57.3 Å². The van der Waals surface area contributed by atoms with E-state index < -0.39 is 0 Å². The molecule has 2 heterocycles. The average Bonchev–Trinajstić information content (AvgIpc) is 2.69. The molecule has 2 amide bonds. The van der Waals surface area contributed by atoms with Crippen molar-refractivity contribution >= 4 is 11.7 Å². The first-order valence-electron chi connectivity index (χ1n) is 10.4. The van der Waals surface area contributed by atoms with Gasteiger partial charge in [-0.25, -0.2) is 9.18 Å². The third-order valence-corrected chi connectivity index (χ3v) is 5.81. The fourth-order valence-electron chi connectivity index (χ4n) is 3.91. The van der Waals surface area contributed by atoms with Crippen LogP contribution in [0.4, 0.5) is 14.9 Å².